The van der Waals surface area contributed by atoms with Crippen LogP contribution >= 0.6 is 11.6 Å². The van der Waals surface area contributed by atoms with Crippen molar-refractivity contribution in [2.24, 2.45) is 0 Å². The van der Waals surface area contributed by atoms with Gasteiger partial charge in [-0.2, -0.15) is 0 Å². The van der Waals surface area contributed by atoms with E-state index < -0.39 is 5.97 Å². The minimum Gasteiger partial charge on any atom is -0.478 e. The molecule has 1 unspecified atom stereocenters. The zero-order valence-corrected chi connectivity index (χ0v) is 11.4. The van der Waals surface area contributed by atoms with E-state index in [1.54, 1.807) is 0 Å². The van der Waals surface area contributed by atoms with Gasteiger partial charge in [0.25, 0.3) is 0 Å². The predicted octanol–water partition coefficient (Wildman–Crippen LogP) is 1.36. The quantitative estimate of drug-likeness (QED) is 0.764. The topological polar surface area (TPSA) is 87.7 Å². The van der Waals surface area contributed by atoms with Crippen LogP contribution in [-0.2, 0) is 9.53 Å². The molecule has 108 valence electrons. The third-order valence-corrected chi connectivity index (χ3v) is 3.30. The van der Waals surface area contributed by atoms with Crippen LogP contribution in [0.15, 0.2) is 18.2 Å². The van der Waals surface area contributed by atoms with Gasteiger partial charge in [-0.05, 0) is 24.6 Å². The number of carbonyl (C=O) groups excluding carboxylic acids is 1. The smallest absolute Gasteiger partial charge is 0.335 e. The first-order chi connectivity index (χ1) is 9.56. The van der Waals surface area contributed by atoms with E-state index in [9.17, 15) is 9.59 Å². The highest BCUT2D eigenvalue weighted by molar-refractivity contribution is 6.33. The van der Waals surface area contributed by atoms with E-state index in [1.807, 2.05) is 0 Å². The van der Waals surface area contributed by atoms with E-state index in [1.165, 1.54) is 18.2 Å². The van der Waals surface area contributed by atoms with E-state index in [-0.39, 0.29) is 24.1 Å². The second-order valence-corrected chi connectivity index (χ2v) is 4.90. The molecule has 6 nitrogen and oxygen atoms in total. The van der Waals surface area contributed by atoms with Gasteiger partial charge in [0.05, 0.1) is 29.4 Å². The Kier molecular flexibility index (Phi) is 4.94. The van der Waals surface area contributed by atoms with Gasteiger partial charge in [0.2, 0.25) is 5.91 Å². The lowest BCUT2D eigenvalue weighted by atomic mass is 10.2. The summed E-state index contributed by atoms with van der Waals surface area (Å²) >= 11 is 5.92. The average molecular weight is 299 g/mol. The standard InChI is InChI=1S/C13H15ClN2O4/c14-10-2-1-8(13(18)19)5-11(10)16-12(17)6-15-9-3-4-20-7-9/h1-2,5,9,15H,3-4,6-7H2,(H,16,17)(H,18,19). The van der Waals surface area contributed by atoms with E-state index in [2.05, 4.69) is 10.6 Å². The average Bonchev–Trinajstić information content (AvgIpc) is 2.92. The number of rotatable bonds is 5. The van der Waals surface area contributed by atoms with Crippen LogP contribution < -0.4 is 10.6 Å². The molecule has 1 heterocycles. The van der Waals surface area contributed by atoms with Gasteiger partial charge in [-0.25, -0.2) is 4.79 Å². The molecule has 1 aromatic carbocycles. The largest absolute Gasteiger partial charge is 0.478 e. The lowest BCUT2D eigenvalue weighted by Gasteiger charge is -2.11. The number of anilines is 1. The summed E-state index contributed by atoms with van der Waals surface area (Å²) < 4.78 is 5.19. The summed E-state index contributed by atoms with van der Waals surface area (Å²) in [5.41, 5.74) is 0.364. The van der Waals surface area contributed by atoms with Gasteiger partial charge in [-0.15, -0.1) is 0 Å². The van der Waals surface area contributed by atoms with Crippen molar-refractivity contribution in [2.75, 3.05) is 25.1 Å². The molecule has 2 rings (SSSR count). The number of carboxylic acid groups (broad SMARTS) is 1. The molecule has 1 amide bonds. The first kappa shape index (κ1) is 14.8. The Balaban J connectivity index is 1.92. The molecule has 0 bridgehead atoms. The van der Waals surface area contributed by atoms with Gasteiger partial charge in [0.15, 0.2) is 0 Å². The maximum absolute atomic E-state index is 11.8. The number of benzene rings is 1. The van der Waals surface area contributed by atoms with E-state index in [4.69, 9.17) is 21.4 Å². The van der Waals surface area contributed by atoms with Crippen molar-refractivity contribution in [3.05, 3.63) is 28.8 Å². The maximum atomic E-state index is 11.8. The molecule has 7 heteroatoms. The monoisotopic (exact) mass is 298 g/mol. The van der Waals surface area contributed by atoms with Crippen LogP contribution in [0.1, 0.15) is 16.8 Å². The van der Waals surface area contributed by atoms with Gasteiger partial charge in [0, 0.05) is 12.6 Å². The molecule has 0 radical (unpaired) electrons. The van der Waals surface area contributed by atoms with Gasteiger partial charge in [0.1, 0.15) is 0 Å². The Hall–Kier alpha value is -1.63. The SMILES string of the molecule is O=C(CNC1CCOC1)Nc1cc(C(=O)O)ccc1Cl. The Bertz CT molecular complexity index is 515. The van der Waals surface area contributed by atoms with E-state index >= 15 is 0 Å². The zero-order valence-electron chi connectivity index (χ0n) is 10.7. The summed E-state index contributed by atoms with van der Waals surface area (Å²) in [4.78, 5) is 22.6. The van der Waals surface area contributed by atoms with Crippen molar-refractivity contribution in [1.82, 2.24) is 5.32 Å². The van der Waals surface area contributed by atoms with Crippen molar-refractivity contribution < 1.29 is 19.4 Å². The Morgan fingerprint density at radius 3 is 2.90 bits per heavy atom. The van der Waals surface area contributed by atoms with Gasteiger partial charge < -0.3 is 20.5 Å². The molecule has 1 saturated heterocycles. The van der Waals surface area contributed by atoms with Gasteiger partial charge in [-0.1, -0.05) is 11.6 Å². The fourth-order valence-corrected chi connectivity index (χ4v) is 2.05. The Morgan fingerprint density at radius 1 is 1.45 bits per heavy atom. The van der Waals surface area contributed by atoms with Crippen LogP contribution in [0.4, 0.5) is 5.69 Å². The number of amides is 1. The minimum absolute atomic E-state index is 0.0712. The molecule has 1 aliphatic heterocycles. The molecule has 0 aromatic heterocycles. The molecular formula is C13H15ClN2O4. The van der Waals surface area contributed by atoms with Crippen LogP contribution in [0.3, 0.4) is 0 Å². The highest BCUT2D eigenvalue weighted by Crippen LogP contribution is 2.23. The molecule has 0 saturated carbocycles. The zero-order chi connectivity index (χ0) is 14.5. The summed E-state index contributed by atoms with van der Waals surface area (Å²) in [6, 6.07) is 4.34. The summed E-state index contributed by atoms with van der Waals surface area (Å²) in [5, 5.41) is 14.9. The fourth-order valence-electron chi connectivity index (χ4n) is 1.88. The second-order valence-electron chi connectivity index (χ2n) is 4.49. The number of carbonyl (C=O) groups is 2. The number of ether oxygens (including phenoxy) is 1. The number of carboxylic acids is 1. The first-order valence-corrected chi connectivity index (χ1v) is 6.58. The number of nitrogens with one attached hydrogen (secondary N) is 2. The van der Waals surface area contributed by atoms with Crippen molar-refractivity contribution in [1.29, 1.82) is 0 Å². The molecule has 20 heavy (non-hydrogen) atoms. The predicted molar refractivity (Wildman–Crippen MR) is 74.3 cm³/mol. The molecule has 1 aliphatic rings. The third kappa shape index (κ3) is 3.93. The van der Waals surface area contributed by atoms with Crippen LogP contribution in [0.5, 0.6) is 0 Å². The van der Waals surface area contributed by atoms with Gasteiger partial charge in [-0.3, -0.25) is 4.79 Å². The fraction of sp³-hybridized carbons (Fsp3) is 0.385. The lowest BCUT2D eigenvalue weighted by Crippen LogP contribution is -2.36. The Labute approximate surface area is 121 Å². The molecule has 3 N–H and O–H groups in total. The summed E-state index contributed by atoms with van der Waals surface area (Å²) in [6.45, 7) is 1.43. The van der Waals surface area contributed by atoms with E-state index in [0.29, 0.717) is 23.9 Å². The van der Waals surface area contributed by atoms with Crippen LogP contribution in [0.25, 0.3) is 0 Å². The first-order valence-electron chi connectivity index (χ1n) is 6.20. The molecule has 0 aliphatic carbocycles. The van der Waals surface area contributed by atoms with Crippen molar-refractivity contribution in [2.45, 2.75) is 12.5 Å². The summed E-state index contributed by atoms with van der Waals surface area (Å²) in [7, 11) is 0. The highest BCUT2D eigenvalue weighted by atomic mass is 35.5. The lowest BCUT2D eigenvalue weighted by molar-refractivity contribution is -0.115. The van der Waals surface area contributed by atoms with Crippen LogP contribution in [0.2, 0.25) is 5.02 Å². The summed E-state index contributed by atoms with van der Waals surface area (Å²) in [6.07, 6.45) is 0.878. The molecule has 1 aromatic rings. The van der Waals surface area contributed by atoms with Crippen LogP contribution in [-0.4, -0.2) is 42.8 Å². The third-order valence-electron chi connectivity index (χ3n) is 2.97. The maximum Gasteiger partial charge on any atom is 0.335 e. The van der Waals surface area contributed by atoms with Gasteiger partial charge >= 0.3 is 5.97 Å². The van der Waals surface area contributed by atoms with E-state index in [0.717, 1.165) is 6.42 Å². The summed E-state index contributed by atoms with van der Waals surface area (Å²) in [5.74, 6) is -1.35. The number of hydrogen-bond donors (Lipinski definition) is 3. The second kappa shape index (κ2) is 6.69. The van der Waals surface area contributed by atoms with Crippen molar-refractivity contribution in [3.63, 3.8) is 0 Å². The molecular weight excluding hydrogens is 284 g/mol. The highest BCUT2D eigenvalue weighted by Gasteiger charge is 2.16. The molecule has 1 atom stereocenters. The normalized spacial score (nSPS) is 17.9. The number of halogens is 1. The molecule has 0 spiro atoms. The van der Waals surface area contributed by atoms with Crippen LogP contribution in [0, 0.1) is 0 Å². The van der Waals surface area contributed by atoms with Crippen molar-refractivity contribution in [3.8, 4) is 0 Å². The molecule has 1 fully saturated rings. The minimum atomic E-state index is -1.07. The number of aromatic carboxylic acids is 1. The number of hydrogen-bond acceptors (Lipinski definition) is 4. The Morgan fingerprint density at radius 2 is 2.25 bits per heavy atom. The van der Waals surface area contributed by atoms with Crippen molar-refractivity contribution >= 4 is 29.2 Å².